The lowest BCUT2D eigenvalue weighted by molar-refractivity contribution is -0.126. The van der Waals surface area contributed by atoms with E-state index in [0.29, 0.717) is 15.1 Å². The Hall–Kier alpha value is -2.44. The zero-order chi connectivity index (χ0) is 18.8. The largest absolute Gasteiger partial charge is 0.477 e. The van der Waals surface area contributed by atoms with Gasteiger partial charge in [-0.15, -0.1) is 11.3 Å². The third kappa shape index (κ3) is 3.86. The highest BCUT2D eigenvalue weighted by Crippen LogP contribution is 2.30. The van der Waals surface area contributed by atoms with Crippen LogP contribution in [0.2, 0.25) is 5.02 Å². The van der Waals surface area contributed by atoms with Crippen LogP contribution in [-0.4, -0.2) is 17.0 Å². The SMILES string of the molecule is C[C@H](NC(=O)C(F)c1ccc2cc(C(=O)O)sc2c1)c1ccc(Cl)cc1. The molecule has 2 aromatic carbocycles. The Balaban J connectivity index is 1.76. The summed E-state index contributed by atoms with van der Waals surface area (Å²) in [6.07, 6.45) is -1.84. The van der Waals surface area contributed by atoms with Crippen molar-refractivity contribution < 1.29 is 19.1 Å². The molecule has 1 unspecified atom stereocenters. The molecule has 0 fully saturated rings. The first-order valence-electron chi connectivity index (χ1n) is 7.82. The number of rotatable bonds is 5. The monoisotopic (exact) mass is 391 g/mol. The molecule has 0 spiro atoms. The van der Waals surface area contributed by atoms with Crippen LogP contribution >= 0.6 is 22.9 Å². The first-order valence-corrected chi connectivity index (χ1v) is 9.01. The van der Waals surface area contributed by atoms with Crippen LogP contribution in [0.1, 0.15) is 39.9 Å². The number of benzene rings is 2. The molecule has 0 saturated carbocycles. The molecule has 4 nitrogen and oxygen atoms in total. The predicted octanol–water partition coefficient (Wildman–Crippen LogP) is 5.14. The van der Waals surface area contributed by atoms with E-state index in [4.69, 9.17) is 16.7 Å². The standard InChI is InChI=1S/C19H15ClFNO3S/c1-10(11-4-6-14(20)7-5-11)22-18(23)17(21)13-3-2-12-8-16(19(24)25)26-15(12)9-13/h2-10,17H,1H3,(H,22,23)(H,24,25)/t10-,17?/m0/s1. The Morgan fingerprint density at radius 3 is 2.42 bits per heavy atom. The molecule has 3 rings (SSSR count). The maximum Gasteiger partial charge on any atom is 0.345 e. The van der Waals surface area contributed by atoms with Gasteiger partial charge in [-0.2, -0.15) is 0 Å². The van der Waals surface area contributed by atoms with Crippen molar-refractivity contribution in [1.29, 1.82) is 0 Å². The number of aromatic carboxylic acids is 1. The topological polar surface area (TPSA) is 66.4 Å². The van der Waals surface area contributed by atoms with Gasteiger partial charge in [-0.1, -0.05) is 35.9 Å². The van der Waals surface area contributed by atoms with Gasteiger partial charge >= 0.3 is 5.97 Å². The number of fused-ring (bicyclic) bond motifs is 1. The number of carboxylic acids is 1. The van der Waals surface area contributed by atoms with Gasteiger partial charge in [0.1, 0.15) is 4.88 Å². The van der Waals surface area contributed by atoms with Crippen molar-refractivity contribution in [3.8, 4) is 0 Å². The van der Waals surface area contributed by atoms with Crippen LogP contribution in [-0.2, 0) is 4.79 Å². The minimum absolute atomic E-state index is 0.174. The van der Waals surface area contributed by atoms with Gasteiger partial charge in [0.15, 0.2) is 0 Å². The minimum atomic E-state index is -1.84. The number of hydrogen-bond acceptors (Lipinski definition) is 3. The third-order valence-electron chi connectivity index (χ3n) is 4.01. The van der Waals surface area contributed by atoms with E-state index in [1.54, 1.807) is 37.3 Å². The number of halogens is 2. The second-order valence-electron chi connectivity index (χ2n) is 5.86. The first kappa shape index (κ1) is 18.4. The molecule has 0 saturated heterocycles. The number of carbonyl (C=O) groups is 2. The molecule has 2 N–H and O–H groups in total. The summed E-state index contributed by atoms with van der Waals surface area (Å²) in [5, 5.41) is 13.0. The fourth-order valence-corrected chi connectivity index (χ4v) is 3.66. The quantitative estimate of drug-likeness (QED) is 0.632. The summed E-state index contributed by atoms with van der Waals surface area (Å²) in [4.78, 5) is 23.5. The fraction of sp³-hybridized carbons (Fsp3) is 0.158. The van der Waals surface area contributed by atoms with Crippen LogP contribution in [0.5, 0.6) is 0 Å². The van der Waals surface area contributed by atoms with Gasteiger partial charge in [0, 0.05) is 9.72 Å². The zero-order valence-electron chi connectivity index (χ0n) is 13.7. The molecule has 0 radical (unpaired) electrons. The summed E-state index contributed by atoms with van der Waals surface area (Å²) in [6, 6.07) is 12.7. The lowest BCUT2D eigenvalue weighted by Crippen LogP contribution is -2.30. The molecule has 1 aromatic heterocycles. The van der Waals surface area contributed by atoms with Crippen LogP contribution in [0.3, 0.4) is 0 Å². The lowest BCUT2D eigenvalue weighted by atomic mass is 10.1. The molecule has 0 aliphatic rings. The van der Waals surface area contributed by atoms with Crippen LogP contribution in [0.15, 0.2) is 48.5 Å². The number of nitrogens with one attached hydrogen (secondary N) is 1. The second-order valence-corrected chi connectivity index (χ2v) is 7.38. The van der Waals surface area contributed by atoms with Gasteiger partial charge in [-0.05, 0) is 47.7 Å². The summed E-state index contributed by atoms with van der Waals surface area (Å²) >= 11 is 6.89. The number of carboxylic acid groups (broad SMARTS) is 1. The molecule has 0 bridgehead atoms. The molecule has 26 heavy (non-hydrogen) atoms. The van der Waals surface area contributed by atoms with Gasteiger partial charge in [0.05, 0.1) is 6.04 Å². The molecule has 2 atom stereocenters. The van der Waals surface area contributed by atoms with E-state index < -0.39 is 18.0 Å². The summed E-state index contributed by atoms with van der Waals surface area (Å²) in [5.41, 5.74) is 1.01. The Morgan fingerprint density at radius 2 is 1.77 bits per heavy atom. The molecule has 0 aliphatic heterocycles. The van der Waals surface area contributed by atoms with Crippen molar-refractivity contribution >= 4 is 44.9 Å². The van der Waals surface area contributed by atoms with Crippen LogP contribution < -0.4 is 5.32 Å². The van der Waals surface area contributed by atoms with E-state index in [0.717, 1.165) is 16.9 Å². The molecule has 134 valence electrons. The van der Waals surface area contributed by atoms with E-state index in [1.165, 1.54) is 18.2 Å². The average molecular weight is 392 g/mol. The van der Waals surface area contributed by atoms with Gasteiger partial charge in [-0.3, -0.25) is 4.79 Å². The van der Waals surface area contributed by atoms with E-state index >= 15 is 0 Å². The number of alkyl halides is 1. The Kier molecular flexibility index (Phi) is 5.25. The van der Waals surface area contributed by atoms with E-state index in [-0.39, 0.29) is 16.5 Å². The summed E-state index contributed by atoms with van der Waals surface area (Å²) in [5.74, 6) is -1.78. The highest BCUT2D eigenvalue weighted by Gasteiger charge is 2.22. The molecular weight excluding hydrogens is 377 g/mol. The van der Waals surface area contributed by atoms with Crippen molar-refractivity contribution in [3.05, 3.63) is 69.6 Å². The Labute approximate surface area is 158 Å². The minimum Gasteiger partial charge on any atom is -0.477 e. The van der Waals surface area contributed by atoms with Gasteiger partial charge in [-0.25, -0.2) is 9.18 Å². The Morgan fingerprint density at radius 1 is 1.12 bits per heavy atom. The molecule has 0 aliphatic carbocycles. The Bertz CT molecular complexity index is 971. The number of hydrogen-bond donors (Lipinski definition) is 2. The smallest absolute Gasteiger partial charge is 0.345 e. The van der Waals surface area contributed by atoms with Crippen LogP contribution in [0, 0.1) is 0 Å². The van der Waals surface area contributed by atoms with E-state index in [2.05, 4.69) is 5.32 Å². The summed E-state index contributed by atoms with van der Waals surface area (Å²) < 4.78 is 15.2. The van der Waals surface area contributed by atoms with Crippen LogP contribution in [0.4, 0.5) is 4.39 Å². The number of amides is 1. The van der Waals surface area contributed by atoms with Gasteiger partial charge < -0.3 is 10.4 Å². The molecule has 3 aromatic rings. The van der Waals surface area contributed by atoms with Crippen molar-refractivity contribution in [1.82, 2.24) is 5.32 Å². The number of carbonyl (C=O) groups excluding carboxylic acids is 1. The highest BCUT2D eigenvalue weighted by atomic mass is 35.5. The summed E-state index contributed by atoms with van der Waals surface area (Å²) in [6.45, 7) is 1.76. The third-order valence-corrected chi connectivity index (χ3v) is 5.34. The molecule has 1 amide bonds. The van der Waals surface area contributed by atoms with Crippen molar-refractivity contribution in [2.75, 3.05) is 0 Å². The van der Waals surface area contributed by atoms with Crippen molar-refractivity contribution in [2.24, 2.45) is 0 Å². The molecule has 7 heteroatoms. The fourth-order valence-electron chi connectivity index (χ4n) is 2.58. The zero-order valence-corrected chi connectivity index (χ0v) is 15.3. The van der Waals surface area contributed by atoms with Gasteiger partial charge in [0.25, 0.3) is 5.91 Å². The predicted molar refractivity (Wildman–Crippen MR) is 101 cm³/mol. The normalized spacial score (nSPS) is 13.3. The van der Waals surface area contributed by atoms with Crippen LogP contribution in [0.25, 0.3) is 10.1 Å². The van der Waals surface area contributed by atoms with Gasteiger partial charge in [0.2, 0.25) is 6.17 Å². The first-order chi connectivity index (χ1) is 12.3. The van der Waals surface area contributed by atoms with E-state index in [1.807, 2.05) is 0 Å². The van der Waals surface area contributed by atoms with Crippen molar-refractivity contribution in [2.45, 2.75) is 19.1 Å². The maximum absolute atomic E-state index is 14.6. The second kappa shape index (κ2) is 7.43. The maximum atomic E-state index is 14.6. The summed E-state index contributed by atoms with van der Waals surface area (Å²) in [7, 11) is 0. The average Bonchev–Trinajstić information content (AvgIpc) is 3.05. The highest BCUT2D eigenvalue weighted by molar-refractivity contribution is 7.20. The number of thiophene rings is 1. The van der Waals surface area contributed by atoms with E-state index in [9.17, 15) is 14.0 Å². The molecule has 1 heterocycles. The van der Waals surface area contributed by atoms with Crippen molar-refractivity contribution in [3.63, 3.8) is 0 Å². The lowest BCUT2D eigenvalue weighted by Gasteiger charge is -2.16. The molecular formula is C19H15ClFNO3S.